The standard InChI is InChI=1S/C22H29F2N7O/c1-30(2)20(32)17-7-4-10-31(17)21-25-15-6-3-5-14(15)19(27-21)26-18-11-16(28-29-18)13-8-9-22(23,24)12-13/h11,13,17H,3-10,12H2,1-2H3,(H2,25,26,27,28,29)/t13-,17+/m0/s1. The maximum Gasteiger partial charge on any atom is 0.248 e. The van der Waals surface area contributed by atoms with Crippen LogP contribution in [0, 0.1) is 0 Å². The van der Waals surface area contributed by atoms with Gasteiger partial charge in [0.1, 0.15) is 11.9 Å². The van der Waals surface area contributed by atoms with Crippen LogP contribution in [-0.2, 0) is 17.6 Å². The van der Waals surface area contributed by atoms with Crippen LogP contribution in [-0.4, -0.2) is 63.6 Å². The molecule has 2 aromatic heterocycles. The molecule has 8 nitrogen and oxygen atoms in total. The molecule has 0 spiro atoms. The Hall–Kier alpha value is -2.78. The number of anilines is 3. The van der Waals surface area contributed by atoms with Crippen molar-refractivity contribution in [1.29, 1.82) is 0 Å². The molecule has 0 aromatic carbocycles. The smallest absolute Gasteiger partial charge is 0.248 e. The molecule has 0 bridgehead atoms. The number of H-pyrrole nitrogens is 1. The van der Waals surface area contributed by atoms with Crippen molar-refractivity contribution in [2.24, 2.45) is 0 Å². The van der Waals surface area contributed by atoms with E-state index in [1.54, 1.807) is 19.0 Å². The minimum Gasteiger partial charge on any atom is -0.347 e. The highest BCUT2D eigenvalue weighted by molar-refractivity contribution is 5.85. The van der Waals surface area contributed by atoms with Gasteiger partial charge in [0.05, 0.1) is 5.69 Å². The molecule has 0 unspecified atom stereocenters. The van der Waals surface area contributed by atoms with Crippen molar-refractivity contribution >= 4 is 23.5 Å². The van der Waals surface area contributed by atoms with Gasteiger partial charge < -0.3 is 15.1 Å². The molecule has 2 atom stereocenters. The summed E-state index contributed by atoms with van der Waals surface area (Å²) in [7, 11) is 3.54. The van der Waals surface area contributed by atoms with Crippen LogP contribution in [0.1, 0.15) is 61.4 Å². The first-order valence-electron chi connectivity index (χ1n) is 11.4. The van der Waals surface area contributed by atoms with Crippen LogP contribution in [0.4, 0.5) is 26.4 Å². The van der Waals surface area contributed by atoms with E-state index in [4.69, 9.17) is 9.97 Å². The Balaban J connectivity index is 1.40. The number of rotatable bonds is 5. The molecule has 2 aliphatic carbocycles. The zero-order valence-electron chi connectivity index (χ0n) is 18.5. The molecular formula is C22H29F2N7O. The number of likely N-dealkylation sites (N-methyl/N-ethyl adjacent to an activating group) is 1. The number of nitrogens with one attached hydrogen (secondary N) is 2. The number of aromatic nitrogens is 4. The number of carbonyl (C=O) groups excluding carboxylic acids is 1. The van der Waals surface area contributed by atoms with Gasteiger partial charge in [-0.3, -0.25) is 9.89 Å². The summed E-state index contributed by atoms with van der Waals surface area (Å²) < 4.78 is 27.2. The molecule has 32 heavy (non-hydrogen) atoms. The molecule has 172 valence electrons. The number of hydrogen-bond acceptors (Lipinski definition) is 6. The largest absolute Gasteiger partial charge is 0.347 e. The van der Waals surface area contributed by atoms with E-state index < -0.39 is 5.92 Å². The van der Waals surface area contributed by atoms with Crippen LogP contribution in [0.3, 0.4) is 0 Å². The summed E-state index contributed by atoms with van der Waals surface area (Å²) in [5.74, 6) is -0.913. The van der Waals surface area contributed by atoms with E-state index in [0.29, 0.717) is 24.0 Å². The maximum atomic E-state index is 13.6. The van der Waals surface area contributed by atoms with E-state index >= 15 is 0 Å². The number of aromatic amines is 1. The average Bonchev–Trinajstić information content (AvgIpc) is 3.53. The molecule has 1 amide bonds. The highest BCUT2D eigenvalue weighted by Gasteiger charge is 2.40. The first-order chi connectivity index (χ1) is 15.3. The van der Waals surface area contributed by atoms with Gasteiger partial charge >= 0.3 is 0 Å². The predicted octanol–water partition coefficient (Wildman–Crippen LogP) is 3.39. The fraction of sp³-hybridized carbons (Fsp3) is 0.636. The van der Waals surface area contributed by atoms with Gasteiger partial charge in [-0.2, -0.15) is 10.1 Å². The lowest BCUT2D eigenvalue weighted by atomic mass is 10.0. The third kappa shape index (κ3) is 3.91. The number of nitrogens with zero attached hydrogens (tertiary/aromatic N) is 5. The quantitative estimate of drug-likeness (QED) is 0.733. The molecule has 1 saturated heterocycles. The van der Waals surface area contributed by atoms with Crippen LogP contribution in [0.25, 0.3) is 0 Å². The summed E-state index contributed by atoms with van der Waals surface area (Å²) >= 11 is 0. The van der Waals surface area contributed by atoms with Gasteiger partial charge in [0.15, 0.2) is 5.82 Å². The van der Waals surface area contributed by atoms with E-state index in [-0.39, 0.29) is 30.7 Å². The van der Waals surface area contributed by atoms with Crippen molar-refractivity contribution in [2.45, 2.75) is 69.2 Å². The van der Waals surface area contributed by atoms with E-state index in [0.717, 1.165) is 55.6 Å². The fourth-order valence-corrected chi connectivity index (χ4v) is 5.16. The van der Waals surface area contributed by atoms with Crippen molar-refractivity contribution in [3.63, 3.8) is 0 Å². The molecule has 2 fully saturated rings. The summed E-state index contributed by atoms with van der Waals surface area (Å²) in [4.78, 5) is 25.9. The van der Waals surface area contributed by atoms with Gasteiger partial charge in [0.2, 0.25) is 17.8 Å². The summed E-state index contributed by atoms with van der Waals surface area (Å²) in [6.07, 6.45) is 4.70. The van der Waals surface area contributed by atoms with E-state index in [9.17, 15) is 13.6 Å². The topological polar surface area (TPSA) is 90.0 Å². The van der Waals surface area contributed by atoms with Crippen molar-refractivity contribution in [3.8, 4) is 0 Å². The first kappa shape index (κ1) is 21.1. The lowest BCUT2D eigenvalue weighted by Gasteiger charge is -2.27. The Labute approximate surface area is 185 Å². The fourth-order valence-electron chi connectivity index (χ4n) is 5.16. The van der Waals surface area contributed by atoms with E-state index in [2.05, 4.69) is 15.5 Å². The van der Waals surface area contributed by atoms with Crippen LogP contribution >= 0.6 is 0 Å². The molecule has 1 aliphatic heterocycles. The van der Waals surface area contributed by atoms with Crippen LogP contribution in [0.15, 0.2) is 6.07 Å². The summed E-state index contributed by atoms with van der Waals surface area (Å²) in [6, 6.07) is 1.56. The molecule has 3 heterocycles. The Morgan fingerprint density at radius 1 is 1.25 bits per heavy atom. The van der Waals surface area contributed by atoms with Crippen molar-refractivity contribution in [1.82, 2.24) is 25.1 Å². The third-order valence-corrected chi connectivity index (χ3v) is 6.84. The van der Waals surface area contributed by atoms with Gasteiger partial charge in [-0.15, -0.1) is 0 Å². The zero-order valence-corrected chi connectivity index (χ0v) is 18.5. The van der Waals surface area contributed by atoms with Crippen LogP contribution < -0.4 is 10.2 Å². The lowest BCUT2D eigenvalue weighted by molar-refractivity contribution is -0.129. The number of amides is 1. The number of carbonyl (C=O) groups is 1. The van der Waals surface area contributed by atoms with Gasteiger partial charge in [0.25, 0.3) is 0 Å². The van der Waals surface area contributed by atoms with Gasteiger partial charge in [-0.25, -0.2) is 13.8 Å². The molecule has 10 heteroatoms. The van der Waals surface area contributed by atoms with E-state index in [1.807, 2.05) is 11.0 Å². The van der Waals surface area contributed by atoms with Crippen LogP contribution in [0.5, 0.6) is 0 Å². The average molecular weight is 446 g/mol. The van der Waals surface area contributed by atoms with E-state index in [1.165, 1.54) is 0 Å². The Morgan fingerprint density at radius 3 is 2.84 bits per heavy atom. The first-order valence-corrected chi connectivity index (χ1v) is 11.4. The molecule has 2 N–H and O–H groups in total. The molecule has 3 aliphatic rings. The third-order valence-electron chi connectivity index (χ3n) is 6.84. The van der Waals surface area contributed by atoms with Crippen LogP contribution in [0.2, 0.25) is 0 Å². The SMILES string of the molecule is CN(C)C(=O)[C@H]1CCCN1c1nc2c(c(Nc3cc([C@H]4CCC(F)(F)C4)[nH]n3)n1)CCC2. The van der Waals surface area contributed by atoms with Gasteiger partial charge in [-0.05, 0) is 38.5 Å². The molecular weight excluding hydrogens is 416 g/mol. The predicted molar refractivity (Wildman–Crippen MR) is 117 cm³/mol. The number of aryl methyl sites for hydroxylation is 1. The number of halogens is 2. The minimum atomic E-state index is -2.60. The minimum absolute atomic E-state index is 0.0615. The zero-order chi connectivity index (χ0) is 22.5. The molecule has 5 rings (SSSR count). The van der Waals surface area contributed by atoms with Crippen molar-refractivity contribution in [2.75, 3.05) is 30.9 Å². The highest BCUT2D eigenvalue weighted by Crippen LogP contribution is 2.44. The maximum absolute atomic E-state index is 13.6. The second-order valence-electron chi connectivity index (χ2n) is 9.36. The molecule has 0 radical (unpaired) electrons. The monoisotopic (exact) mass is 445 g/mol. The van der Waals surface area contributed by atoms with Gasteiger partial charge in [0, 0.05) is 56.7 Å². The second kappa shape index (κ2) is 7.97. The Morgan fingerprint density at radius 2 is 2.09 bits per heavy atom. The molecule has 2 aromatic rings. The Bertz CT molecular complexity index is 1020. The summed E-state index contributed by atoms with van der Waals surface area (Å²) in [6.45, 7) is 0.741. The lowest BCUT2D eigenvalue weighted by Crippen LogP contribution is -2.43. The summed E-state index contributed by atoms with van der Waals surface area (Å²) in [5.41, 5.74) is 2.80. The van der Waals surface area contributed by atoms with Gasteiger partial charge in [-0.1, -0.05) is 0 Å². The molecule has 1 saturated carbocycles. The van der Waals surface area contributed by atoms with Crippen molar-refractivity contribution in [3.05, 3.63) is 23.0 Å². The highest BCUT2D eigenvalue weighted by atomic mass is 19.3. The normalized spacial score (nSPS) is 24.1. The Kier molecular flexibility index (Phi) is 5.25. The number of fused-ring (bicyclic) bond motifs is 1. The number of hydrogen-bond donors (Lipinski definition) is 2. The number of alkyl halides is 2. The van der Waals surface area contributed by atoms with Crippen molar-refractivity contribution < 1.29 is 13.6 Å². The summed E-state index contributed by atoms with van der Waals surface area (Å²) in [5, 5.41) is 10.5. The second-order valence-corrected chi connectivity index (χ2v) is 9.36.